The van der Waals surface area contributed by atoms with E-state index in [0.29, 0.717) is 16.9 Å². The van der Waals surface area contributed by atoms with E-state index in [0.717, 1.165) is 0 Å². The number of hydrogen-bond donors (Lipinski definition) is 2. The maximum atomic E-state index is 12.1. The number of benzene rings is 1. The Kier molecular flexibility index (Phi) is 3.15. The van der Waals surface area contributed by atoms with Crippen LogP contribution < -0.4 is 16.6 Å². The number of nitrogens with zero attached hydrogens (tertiary/aromatic N) is 3. The van der Waals surface area contributed by atoms with Crippen molar-refractivity contribution in [1.82, 2.24) is 14.2 Å². The van der Waals surface area contributed by atoms with Crippen LogP contribution in [-0.2, 0) is 11.3 Å². The first-order valence-corrected chi connectivity index (χ1v) is 6.32. The van der Waals surface area contributed by atoms with Crippen LogP contribution in [0.15, 0.2) is 53.7 Å². The Morgan fingerprint density at radius 1 is 1.19 bits per heavy atom. The highest BCUT2D eigenvalue weighted by atomic mass is 16.2. The Bertz CT molecular complexity index is 848. The first-order valence-electron chi connectivity index (χ1n) is 6.32. The number of fused-ring (bicyclic) bond motifs is 1. The van der Waals surface area contributed by atoms with Gasteiger partial charge in [0.1, 0.15) is 12.1 Å². The zero-order chi connectivity index (χ0) is 14.8. The van der Waals surface area contributed by atoms with E-state index in [1.165, 1.54) is 21.5 Å². The zero-order valence-corrected chi connectivity index (χ0v) is 11.1. The average Bonchev–Trinajstić information content (AvgIpc) is 2.94. The van der Waals surface area contributed by atoms with Crippen LogP contribution in [0.5, 0.6) is 0 Å². The Balaban J connectivity index is 1.78. The molecule has 1 amide bonds. The number of carbonyl (C=O) groups excluding carboxylic acids is 1. The minimum Gasteiger partial charge on any atom is -0.399 e. The number of nitrogen functional groups attached to an aromatic ring is 1. The molecule has 0 spiro atoms. The minimum atomic E-state index is -0.286. The van der Waals surface area contributed by atoms with Gasteiger partial charge in [-0.15, -0.1) is 0 Å². The molecule has 7 heteroatoms. The van der Waals surface area contributed by atoms with E-state index in [-0.39, 0.29) is 18.0 Å². The topological polar surface area (TPSA) is 94.4 Å². The molecule has 0 aliphatic carbocycles. The van der Waals surface area contributed by atoms with Crippen LogP contribution in [0.4, 0.5) is 11.4 Å². The Morgan fingerprint density at radius 3 is 2.71 bits per heavy atom. The van der Waals surface area contributed by atoms with Crippen LogP contribution in [0.3, 0.4) is 0 Å². The molecule has 0 bridgehead atoms. The summed E-state index contributed by atoms with van der Waals surface area (Å²) >= 11 is 0. The van der Waals surface area contributed by atoms with Crippen molar-refractivity contribution < 1.29 is 4.79 Å². The quantitative estimate of drug-likeness (QED) is 0.692. The van der Waals surface area contributed by atoms with E-state index >= 15 is 0 Å². The average molecular weight is 283 g/mol. The number of hydrogen-bond acceptors (Lipinski definition) is 4. The summed E-state index contributed by atoms with van der Waals surface area (Å²) in [6.07, 6.45) is 4.70. The summed E-state index contributed by atoms with van der Waals surface area (Å²) in [5, 5.41) is 6.68. The molecule has 0 atom stereocenters. The van der Waals surface area contributed by atoms with E-state index in [1.54, 1.807) is 36.5 Å². The molecule has 0 radical (unpaired) electrons. The summed E-state index contributed by atoms with van der Waals surface area (Å²) in [6.45, 7) is -0.0646. The fourth-order valence-corrected chi connectivity index (χ4v) is 2.01. The number of aromatic nitrogens is 3. The molecule has 3 N–H and O–H groups in total. The smallest absolute Gasteiger partial charge is 0.277 e. The van der Waals surface area contributed by atoms with Gasteiger partial charge in [-0.25, -0.2) is 4.52 Å². The van der Waals surface area contributed by atoms with Crippen LogP contribution in [0, 0.1) is 0 Å². The van der Waals surface area contributed by atoms with Gasteiger partial charge < -0.3 is 15.6 Å². The fraction of sp³-hybridized carbons (Fsp3) is 0.0714. The van der Waals surface area contributed by atoms with Crippen LogP contribution in [0.25, 0.3) is 5.52 Å². The van der Waals surface area contributed by atoms with Gasteiger partial charge in [0.05, 0.1) is 6.20 Å². The monoisotopic (exact) mass is 283 g/mol. The van der Waals surface area contributed by atoms with Crippen LogP contribution >= 0.6 is 0 Å². The normalized spacial score (nSPS) is 10.7. The molecule has 21 heavy (non-hydrogen) atoms. The molecule has 3 rings (SSSR count). The van der Waals surface area contributed by atoms with E-state index in [2.05, 4.69) is 10.4 Å². The second-order valence-electron chi connectivity index (χ2n) is 4.56. The minimum absolute atomic E-state index is 0.0646. The first-order chi connectivity index (χ1) is 10.1. The molecule has 0 fully saturated rings. The molecular formula is C14H13N5O2. The summed E-state index contributed by atoms with van der Waals surface area (Å²) in [5.74, 6) is -0.286. The van der Waals surface area contributed by atoms with Gasteiger partial charge in [-0.3, -0.25) is 9.59 Å². The van der Waals surface area contributed by atoms with Crippen molar-refractivity contribution >= 4 is 22.8 Å². The van der Waals surface area contributed by atoms with Crippen molar-refractivity contribution in [2.75, 3.05) is 11.1 Å². The van der Waals surface area contributed by atoms with E-state index in [4.69, 9.17) is 5.73 Å². The second kappa shape index (κ2) is 5.12. The van der Waals surface area contributed by atoms with Gasteiger partial charge in [0, 0.05) is 23.8 Å². The highest BCUT2D eigenvalue weighted by Gasteiger charge is 2.08. The summed E-state index contributed by atoms with van der Waals surface area (Å²) in [5.41, 5.74) is 7.00. The summed E-state index contributed by atoms with van der Waals surface area (Å²) < 4.78 is 2.81. The second-order valence-corrected chi connectivity index (χ2v) is 4.56. The van der Waals surface area contributed by atoms with Crippen molar-refractivity contribution in [2.24, 2.45) is 0 Å². The Morgan fingerprint density at radius 2 is 1.95 bits per heavy atom. The number of nitrogens with two attached hydrogens (primary N) is 1. The third-order valence-corrected chi connectivity index (χ3v) is 3.05. The molecule has 0 aliphatic rings. The van der Waals surface area contributed by atoms with E-state index in [1.807, 2.05) is 0 Å². The summed E-state index contributed by atoms with van der Waals surface area (Å²) in [6, 6.07) is 8.41. The van der Waals surface area contributed by atoms with Gasteiger partial charge in [0.25, 0.3) is 5.56 Å². The molecule has 2 heterocycles. The van der Waals surface area contributed by atoms with Gasteiger partial charge in [-0.05, 0) is 30.3 Å². The molecule has 0 saturated heterocycles. The zero-order valence-electron chi connectivity index (χ0n) is 11.1. The lowest BCUT2D eigenvalue weighted by Crippen LogP contribution is -2.28. The number of carbonyl (C=O) groups is 1. The highest BCUT2D eigenvalue weighted by molar-refractivity contribution is 5.90. The predicted molar refractivity (Wildman–Crippen MR) is 78.9 cm³/mol. The lowest BCUT2D eigenvalue weighted by Gasteiger charge is -2.08. The molecule has 0 aliphatic heterocycles. The third kappa shape index (κ3) is 2.62. The van der Waals surface area contributed by atoms with E-state index < -0.39 is 0 Å². The Hall–Kier alpha value is -3.09. The third-order valence-electron chi connectivity index (χ3n) is 3.05. The van der Waals surface area contributed by atoms with Gasteiger partial charge >= 0.3 is 0 Å². The number of amides is 1. The highest BCUT2D eigenvalue weighted by Crippen LogP contribution is 2.10. The number of nitrogens with one attached hydrogen (secondary N) is 1. The lowest BCUT2D eigenvalue weighted by molar-refractivity contribution is -0.116. The van der Waals surface area contributed by atoms with Crippen LogP contribution in [0.2, 0.25) is 0 Å². The molecule has 7 nitrogen and oxygen atoms in total. The fourth-order valence-electron chi connectivity index (χ4n) is 2.01. The van der Waals surface area contributed by atoms with Crippen molar-refractivity contribution in [3.05, 3.63) is 59.3 Å². The molecule has 106 valence electrons. The van der Waals surface area contributed by atoms with Gasteiger partial charge in [-0.1, -0.05) is 0 Å². The maximum Gasteiger partial charge on any atom is 0.277 e. The molecule has 0 unspecified atom stereocenters. The van der Waals surface area contributed by atoms with Crippen LogP contribution in [0.1, 0.15) is 0 Å². The van der Waals surface area contributed by atoms with Crippen molar-refractivity contribution in [2.45, 2.75) is 6.54 Å². The standard InChI is InChI=1S/C14H13N5O2/c15-10-1-3-11(4-2-10)17-13(20)9-18-7-8-19-12(14(18)21)5-6-16-19/h1-8H,9,15H2,(H,17,20). The van der Waals surface area contributed by atoms with Crippen LogP contribution in [-0.4, -0.2) is 20.1 Å². The SMILES string of the molecule is Nc1ccc(NC(=O)Cn2ccn3nccc3c2=O)cc1. The summed E-state index contributed by atoms with van der Waals surface area (Å²) in [4.78, 5) is 24.1. The maximum absolute atomic E-state index is 12.1. The van der Waals surface area contributed by atoms with Crippen molar-refractivity contribution in [1.29, 1.82) is 0 Å². The lowest BCUT2D eigenvalue weighted by atomic mass is 10.3. The van der Waals surface area contributed by atoms with Gasteiger partial charge in [0.15, 0.2) is 0 Å². The predicted octanol–water partition coefficient (Wildman–Crippen LogP) is 0.717. The first kappa shape index (κ1) is 12.9. The Labute approximate surface area is 119 Å². The van der Waals surface area contributed by atoms with Crippen molar-refractivity contribution in [3.8, 4) is 0 Å². The molecule has 2 aromatic heterocycles. The molecule has 3 aromatic rings. The van der Waals surface area contributed by atoms with Gasteiger partial charge in [-0.2, -0.15) is 5.10 Å². The van der Waals surface area contributed by atoms with Gasteiger partial charge in [0.2, 0.25) is 5.91 Å². The largest absolute Gasteiger partial charge is 0.399 e. The van der Waals surface area contributed by atoms with E-state index in [9.17, 15) is 9.59 Å². The molecule has 1 aromatic carbocycles. The van der Waals surface area contributed by atoms with Crippen molar-refractivity contribution in [3.63, 3.8) is 0 Å². The number of rotatable bonds is 3. The number of anilines is 2. The molecule has 0 saturated carbocycles. The molecular weight excluding hydrogens is 270 g/mol. The summed E-state index contributed by atoms with van der Waals surface area (Å²) in [7, 11) is 0.